The Morgan fingerprint density at radius 2 is 1.42 bits per heavy atom. The van der Waals surface area contributed by atoms with Crippen LogP contribution in [0.4, 0.5) is 0 Å². The lowest BCUT2D eigenvalue weighted by molar-refractivity contribution is 0.103. The van der Waals surface area contributed by atoms with Gasteiger partial charge in [0.2, 0.25) is 0 Å². The van der Waals surface area contributed by atoms with E-state index in [9.17, 15) is 9.36 Å². The molecular formula is C13H11O5P. The second-order valence-corrected chi connectivity index (χ2v) is 4.97. The summed E-state index contributed by atoms with van der Waals surface area (Å²) < 4.78 is 15.0. The molecule has 0 amide bonds. The number of rotatable bonds is 4. The molecule has 0 aliphatic carbocycles. The first-order valence-corrected chi connectivity index (χ1v) is 6.94. The second-order valence-electron chi connectivity index (χ2n) is 3.80. The molecule has 2 N–H and O–H groups in total. The lowest BCUT2D eigenvalue weighted by Crippen LogP contribution is -2.00. The minimum absolute atomic E-state index is 0.0120. The maximum absolute atomic E-state index is 12.0. The minimum atomic E-state index is -4.57. The third-order valence-electron chi connectivity index (χ3n) is 2.38. The van der Waals surface area contributed by atoms with Gasteiger partial charge in [0.15, 0.2) is 5.78 Å². The van der Waals surface area contributed by atoms with Gasteiger partial charge in [-0.2, -0.15) is 0 Å². The Bertz CT molecular complexity index is 615. The molecule has 0 fully saturated rings. The van der Waals surface area contributed by atoms with E-state index < -0.39 is 7.82 Å². The van der Waals surface area contributed by atoms with Gasteiger partial charge in [-0.1, -0.05) is 30.3 Å². The molecule has 0 atom stereocenters. The molecule has 0 aliphatic rings. The quantitative estimate of drug-likeness (QED) is 0.662. The number of benzene rings is 2. The van der Waals surface area contributed by atoms with E-state index in [2.05, 4.69) is 4.52 Å². The number of carbonyl (C=O) groups excluding carboxylic acids is 1. The molecule has 0 bridgehead atoms. The average molecular weight is 278 g/mol. The maximum atomic E-state index is 12.0. The third-order valence-corrected chi connectivity index (χ3v) is 2.83. The number of carbonyl (C=O) groups is 1. The predicted molar refractivity (Wildman–Crippen MR) is 69.0 cm³/mol. The monoisotopic (exact) mass is 278 g/mol. The summed E-state index contributed by atoms with van der Waals surface area (Å²) in [6.07, 6.45) is 0. The van der Waals surface area contributed by atoms with Gasteiger partial charge in [0.25, 0.3) is 0 Å². The molecule has 0 heterocycles. The van der Waals surface area contributed by atoms with Crippen molar-refractivity contribution in [1.82, 2.24) is 0 Å². The molecule has 6 heteroatoms. The summed E-state index contributed by atoms with van der Waals surface area (Å²) in [5.41, 5.74) is 0.968. The van der Waals surface area contributed by atoms with E-state index in [1.807, 2.05) is 6.07 Å². The van der Waals surface area contributed by atoms with Crippen LogP contribution < -0.4 is 4.52 Å². The topological polar surface area (TPSA) is 83.8 Å². The Hall–Kier alpha value is -1.94. The van der Waals surface area contributed by atoms with Crippen molar-refractivity contribution in [2.45, 2.75) is 0 Å². The van der Waals surface area contributed by atoms with E-state index in [1.54, 1.807) is 24.3 Å². The highest BCUT2D eigenvalue weighted by Crippen LogP contribution is 2.37. The summed E-state index contributed by atoms with van der Waals surface area (Å²) in [5, 5.41) is 0. The van der Waals surface area contributed by atoms with Crippen LogP contribution in [0, 0.1) is 0 Å². The van der Waals surface area contributed by atoms with Gasteiger partial charge in [-0.25, -0.2) is 4.57 Å². The molecule has 2 rings (SSSR count). The van der Waals surface area contributed by atoms with Crippen molar-refractivity contribution < 1.29 is 23.7 Å². The first-order valence-electron chi connectivity index (χ1n) is 5.41. The molecule has 19 heavy (non-hydrogen) atoms. The summed E-state index contributed by atoms with van der Waals surface area (Å²) in [4.78, 5) is 29.3. The van der Waals surface area contributed by atoms with Crippen molar-refractivity contribution >= 4 is 13.6 Å². The molecule has 0 unspecified atom stereocenters. The second kappa shape index (κ2) is 5.36. The van der Waals surface area contributed by atoms with E-state index in [0.717, 1.165) is 0 Å². The summed E-state index contributed by atoms with van der Waals surface area (Å²) in [5.74, 6) is -0.152. The van der Waals surface area contributed by atoms with Crippen LogP contribution in [0.1, 0.15) is 15.9 Å². The third kappa shape index (κ3) is 3.76. The van der Waals surface area contributed by atoms with Gasteiger partial charge in [-0.3, -0.25) is 14.6 Å². The van der Waals surface area contributed by atoms with E-state index in [-0.39, 0.29) is 11.5 Å². The fourth-order valence-electron chi connectivity index (χ4n) is 1.56. The highest BCUT2D eigenvalue weighted by Gasteiger charge is 2.16. The fraction of sp³-hybridized carbons (Fsp3) is 0. The molecule has 98 valence electrons. The zero-order valence-corrected chi connectivity index (χ0v) is 10.7. The first-order chi connectivity index (χ1) is 8.96. The Morgan fingerprint density at radius 3 is 1.95 bits per heavy atom. The Balaban J connectivity index is 2.19. The van der Waals surface area contributed by atoms with Gasteiger partial charge in [-0.05, 0) is 24.3 Å². The van der Waals surface area contributed by atoms with Crippen molar-refractivity contribution in [2.75, 3.05) is 0 Å². The summed E-state index contributed by atoms with van der Waals surface area (Å²) in [6.45, 7) is 0. The Labute approximate surface area is 109 Å². The van der Waals surface area contributed by atoms with Gasteiger partial charge in [0, 0.05) is 11.1 Å². The highest BCUT2D eigenvalue weighted by atomic mass is 31.2. The van der Waals surface area contributed by atoms with Crippen molar-refractivity contribution in [1.29, 1.82) is 0 Å². The Morgan fingerprint density at radius 1 is 0.895 bits per heavy atom. The van der Waals surface area contributed by atoms with Crippen LogP contribution in [-0.4, -0.2) is 15.6 Å². The summed E-state index contributed by atoms with van der Waals surface area (Å²) in [6, 6.07) is 14.3. The molecule has 0 aliphatic heterocycles. The predicted octanol–water partition coefficient (Wildman–Crippen LogP) is 2.39. The molecule has 0 saturated heterocycles. The van der Waals surface area contributed by atoms with Crippen molar-refractivity contribution in [3.63, 3.8) is 0 Å². The molecular weight excluding hydrogens is 267 g/mol. The minimum Gasteiger partial charge on any atom is -0.404 e. The maximum Gasteiger partial charge on any atom is 0.524 e. The molecule has 2 aromatic rings. The molecule has 0 spiro atoms. The molecule has 0 radical (unpaired) electrons. The van der Waals surface area contributed by atoms with E-state index >= 15 is 0 Å². The summed E-state index contributed by atoms with van der Waals surface area (Å²) >= 11 is 0. The van der Waals surface area contributed by atoms with E-state index in [0.29, 0.717) is 11.1 Å². The van der Waals surface area contributed by atoms with Crippen molar-refractivity contribution in [3.8, 4) is 5.75 Å². The Kier molecular flexibility index (Phi) is 3.81. The number of hydrogen-bond donors (Lipinski definition) is 2. The fourth-order valence-corrected chi connectivity index (χ4v) is 1.96. The van der Waals surface area contributed by atoms with Crippen LogP contribution in [-0.2, 0) is 4.57 Å². The smallest absolute Gasteiger partial charge is 0.404 e. The first kappa shape index (κ1) is 13.5. The van der Waals surface area contributed by atoms with Crippen LogP contribution in [0.2, 0.25) is 0 Å². The van der Waals surface area contributed by atoms with E-state index in [4.69, 9.17) is 9.79 Å². The highest BCUT2D eigenvalue weighted by molar-refractivity contribution is 7.46. The zero-order chi connectivity index (χ0) is 13.9. The molecule has 5 nitrogen and oxygen atoms in total. The molecule has 0 aromatic heterocycles. The average Bonchev–Trinajstić information content (AvgIpc) is 2.38. The van der Waals surface area contributed by atoms with Gasteiger partial charge in [0.05, 0.1) is 0 Å². The van der Waals surface area contributed by atoms with E-state index in [1.165, 1.54) is 24.3 Å². The molecule has 0 saturated carbocycles. The van der Waals surface area contributed by atoms with Gasteiger partial charge in [-0.15, -0.1) is 0 Å². The SMILES string of the molecule is O=C(c1ccccc1)c1ccc(OP(=O)(O)O)cc1. The van der Waals surface area contributed by atoms with Crippen LogP contribution in [0.3, 0.4) is 0 Å². The number of phosphoric ester groups is 1. The van der Waals surface area contributed by atoms with Crippen LogP contribution in [0.15, 0.2) is 54.6 Å². The lowest BCUT2D eigenvalue weighted by Gasteiger charge is -2.07. The van der Waals surface area contributed by atoms with Crippen LogP contribution in [0.5, 0.6) is 5.75 Å². The van der Waals surface area contributed by atoms with Crippen molar-refractivity contribution in [3.05, 3.63) is 65.7 Å². The lowest BCUT2D eigenvalue weighted by atomic mass is 10.0. The standard InChI is InChI=1S/C13H11O5P/c14-13(10-4-2-1-3-5-10)11-6-8-12(9-7-11)18-19(15,16)17/h1-9H,(H2,15,16,17). The van der Waals surface area contributed by atoms with Gasteiger partial charge in [0.1, 0.15) is 5.75 Å². The van der Waals surface area contributed by atoms with Gasteiger partial charge < -0.3 is 4.52 Å². The normalized spacial score (nSPS) is 11.1. The number of ketones is 1. The molecule has 2 aromatic carbocycles. The summed E-state index contributed by atoms with van der Waals surface area (Å²) in [7, 11) is -4.57. The van der Waals surface area contributed by atoms with Crippen LogP contribution in [0.25, 0.3) is 0 Å². The number of hydrogen-bond acceptors (Lipinski definition) is 3. The van der Waals surface area contributed by atoms with Crippen molar-refractivity contribution in [2.24, 2.45) is 0 Å². The largest absolute Gasteiger partial charge is 0.524 e. The number of phosphoric acid groups is 1. The zero-order valence-electron chi connectivity index (χ0n) is 9.76. The van der Waals surface area contributed by atoms with Gasteiger partial charge >= 0.3 is 7.82 Å². The van der Waals surface area contributed by atoms with Crippen LogP contribution >= 0.6 is 7.82 Å².